The minimum Gasteiger partial charge on any atom is -0.331 e. The van der Waals surface area contributed by atoms with Gasteiger partial charge in [0.15, 0.2) is 0 Å². The molecule has 0 aromatic rings. The lowest BCUT2D eigenvalue weighted by Crippen LogP contribution is -2.30. The molecule has 1 saturated heterocycles. The molecule has 11 heavy (non-hydrogen) atoms. The van der Waals surface area contributed by atoms with Crippen molar-refractivity contribution >= 4 is 18.5 Å². The van der Waals surface area contributed by atoms with Crippen molar-refractivity contribution in [3.05, 3.63) is 12.7 Å². The molecule has 1 aliphatic rings. The van der Waals surface area contributed by atoms with Crippen LogP contribution < -0.4 is 0 Å². The molecule has 3 heteroatoms. The molecule has 1 rings (SSSR count). The molecule has 1 amide bonds. The van der Waals surface area contributed by atoms with Gasteiger partial charge in [-0.3, -0.25) is 4.79 Å². The molecule has 0 radical (unpaired) electrons. The standard InChI is InChI=1S/C8H13NOS/c1-2-3-6-9-7(10)4-5-8(9)11/h2,8,11H,1,3-6H2. The smallest absolute Gasteiger partial charge is 0.223 e. The van der Waals surface area contributed by atoms with Gasteiger partial charge in [0.25, 0.3) is 0 Å². The van der Waals surface area contributed by atoms with Crippen LogP contribution in [-0.2, 0) is 4.79 Å². The van der Waals surface area contributed by atoms with Gasteiger partial charge in [0.05, 0.1) is 5.37 Å². The molecule has 0 saturated carbocycles. The lowest BCUT2D eigenvalue weighted by atomic mass is 10.4. The Bertz CT molecular complexity index is 169. The maximum Gasteiger partial charge on any atom is 0.223 e. The fraction of sp³-hybridized carbons (Fsp3) is 0.625. The highest BCUT2D eigenvalue weighted by atomic mass is 32.1. The Kier molecular flexibility index (Phi) is 3.00. The van der Waals surface area contributed by atoms with Gasteiger partial charge in [-0.1, -0.05) is 6.08 Å². The maximum atomic E-state index is 11.1. The van der Waals surface area contributed by atoms with Crippen molar-refractivity contribution in [1.29, 1.82) is 0 Å². The first-order chi connectivity index (χ1) is 5.25. The zero-order chi connectivity index (χ0) is 8.27. The predicted octanol–water partition coefficient (Wildman–Crippen LogP) is 1.44. The summed E-state index contributed by atoms with van der Waals surface area (Å²) in [6, 6.07) is 0. The molecule has 0 bridgehead atoms. The zero-order valence-electron chi connectivity index (χ0n) is 6.49. The molecule has 1 atom stereocenters. The Hall–Kier alpha value is -0.440. The minimum atomic E-state index is 0.141. The number of hydrogen-bond acceptors (Lipinski definition) is 2. The van der Waals surface area contributed by atoms with Gasteiger partial charge in [-0.15, -0.1) is 6.58 Å². The normalized spacial score (nSPS) is 24.3. The summed E-state index contributed by atoms with van der Waals surface area (Å²) >= 11 is 4.29. The Morgan fingerprint density at radius 1 is 1.82 bits per heavy atom. The topological polar surface area (TPSA) is 20.3 Å². The molecule has 1 heterocycles. The van der Waals surface area contributed by atoms with E-state index in [1.54, 1.807) is 0 Å². The second-order valence-electron chi connectivity index (χ2n) is 2.68. The summed E-state index contributed by atoms with van der Waals surface area (Å²) in [6.45, 7) is 4.38. The van der Waals surface area contributed by atoms with Crippen molar-refractivity contribution in [2.75, 3.05) is 6.54 Å². The molecule has 0 spiro atoms. The Labute approximate surface area is 72.7 Å². The van der Waals surface area contributed by atoms with Crippen molar-refractivity contribution in [2.24, 2.45) is 0 Å². The van der Waals surface area contributed by atoms with E-state index in [0.29, 0.717) is 6.42 Å². The van der Waals surface area contributed by atoms with Gasteiger partial charge < -0.3 is 4.90 Å². The molecule has 1 unspecified atom stereocenters. The molecular weight excluding hydrogens is 158 g/mol. The lowest BCUT2D eigenvalue weighted by molar-refractivity contribution is -0.127. The minimum absolute atomic E-state index is 0.141. The van der Waals surface area contributed by atoms with Crippen LogP contribution in [0.15, 0.2) is 12.7 Å². The third-order valence-corrected chi connectivity index (χ3v) is 2.41. The highest BCUT2D eigenvalue weighted by molar-refractivity contribution is 7.80. The molecule has 0 aromatic carbocycles. The first-order valence-corrected chi connectivity index (χ1v) is 4.36. The SMILES string of the molecule is C=CCCN1C(=O)CCC1S. The van der Waals surface area contributed by atoms with Gasteiger partial charge >= 0.3 is 0 Å². The third kappa shape index (κ3) is 1.99. The van der Waals surface area contributed by atoms with E-state index in [1.807, 2.05) is 11.0 Å². The van der Waals surface area contributed by atoms with Gasteiger partial charge in [0.2, 0.25) is 5.91 Å². The van der Waals surface area contributed by atoms with E-state index in [1.165, 1.54) is 0 Å². The van der Waals surface area contributed by atoms with Crippen LogP contribution in [0.3, 0.4) is 0 Å². The maximum absolute atomic E-state index is 11.1. The summed E-state index contributed by atoms with van der Waals surface area (Å²) in [6.07, 6.45) is 4.24. The zero-order valence-corrected chi connectivity index (χ0v) is 7.39. The summed E-state index contributed by atoms with van der Waals surface area (Å²) in [7, 11) is 0. The van der Waals surface area contributed by atoms with Crippen molar-refractivity contribution in [3.8, 4) is 0 Å². The number of carbonyl (C=O) groups is 1. The molecule has 0 aromatic heterocycles. The predicted molar refractivity (Wildman–Crippen MR) is 48.5 cm³/mol. The Morgan fingerprint density at radius 3 is 3.00 bits per heavy atom. The van der Waals surface area contributed by atoms with E-state index < -0.39 is 0 Å². The molecule has 62 valence electrons. The van der Waals surface area contributed by atoms with Crippen LogP contribution >= 0.6 is 12.6 Å². The molecule has 0 N–H and O–H groups in total. The summed E-state index contributed by atoms with van der Waals surface area (Å²) in [4.78, 5) is 12.9. The quantitative estimate of drug-likeness (QED) is 0.503. The van der Waals surface area contributed by atoms with E-state index in [2.05, 4.69) is 19.2 Å². The summed E-state index contributed by atoms with van der Waals surface area (Å²) in [5, 5.41) is 0.141. The van der Waals surface area contributed by atoms with Crippen molar-refractivity contribution in [2.45, 2.75) is 24.6 Å². The van der Waals surface area contributed by atoms with Gasteiger partial charge in [-0.25, -0.2) is 0 Å². The van der Waals surface area contributed by atoms with Gasteiger partial charge in [0, 0.05) is 13.0 Å². The fourth-order valence-corrected chi connectivity index (χ4v) is 1.60. The summed E-state index contributed by atoms with van der Waals surface area (Å²) < 4.78 is 0. The number of likely N-dealkylation sites (tertiary alicyclic amines) is 1. The molecule has 1 aliphatic heterocycles. The van der Waals surface area contributed by atoms with Crippen LogP contribution in [0.5, 0.6) is 0 Å². The average Bonchev–Trinajstić information content (AvgIpc) is 2.29. The number of amides is 1. The average molecular weight is 171 g/mol. The highest BCUT2D eigenvalue weighted by Crippen LogP contribution is 2.21. The van der Waals surface area contributed by atoms with E-state index in [0.717, 1.165) is 19.4 Å². The molecular formula is C8H13NOS. The van der Waals surface area contributed by atoms with Crippen LogP contribution in [0, 0.1) is 0 Å². The van der Waals surface area contributed by atoms with Gasteiger partial charge in [0.1, 0.15) is 0 Å². The van der Waals surface area contributed by atoms with Crippen molar-refractivity contribution in [3.63, 3.8) is 0 Å². The van der Waals surface area contributed by atoms with Gasteiger partial charge in [-0.05, 0) is 12.8 Å². The Morgan fingerprint density at radius 2 is 2.55 bits per heavy atom. The van der Waals surface area contributed by atoms with E-state index in [9.17, 15) is 4.79 Å². The number of nitrogens with zero attached hydrogens (tertiary/aromatic N) is 1. The second-order valence-corrected chi connectivity index (χ2v) is 3.28. The lowest BCUT2D eigenvalue weighted by Gasteiger charge is -2.19. The first kappa shape index (κ1) is 8.65. The van der Waals surface area contributed by atoms with E-state index in [-0.39, 0.29) is 11.3 Å². The van der Waals surface area contributed by atoms with E-state index in [4.69, 9.17) is 0 Å². The molecule has 1 fully saturated rings. The monoisotopic (exact) mass is 171 g/mol. The van der Waals surface area contributed by atoms with Gasteiger partial charge in [-0.2, -0.15) is 12.6 Å². The molecule has 2 nitrogen and oxygen atoms in total. The molecule has 0 aliphatic carbocycles. The largest absolute Gasteiger partial charge is 0.331 e. The van der Waals surface area contributed by atoms with Crippen molar-refractivity contribution < 1.29 is 4.79 Å². The summed E-state index contributed by atoms with van der Waals surface area (Å²) in [5.74, 6) is 0.229. The number of thiol groups is 1. The highest BCUT2D eigenvalue weighted by Gasteiger charge is 2.26. The second kappa shape index (κ2) is 3.81. The van der Waals surface area contributed by atoms with Crippen LogP contribution in [0.1, 0.15) is 19.3 Å². The van der Waals surface area contributed by atoms with Crippen LogP contribution in [0.2, 0.25) is 0 Å². The first-order valence-electron chi connectivity index (χ1n) is 3.84. The van der Waals surface area contributed by atoms with E-state index >= 15 is 0 Å². The number of hydrogen-bond donors (Lipinski definition) is 1. The van der Waals surface area contributed by atoms with Crippen molar-refractivity contribution in [1.82, 2.24) is 4.90 Å². The number of rotatable bonds is 3. The summed E-state index contributed by atoms with van der Waals surface area (Å²) in [5.41, 5.74) is 0. The Balaban J connectivity index is 2.41. The van der Waals surface area contributed by atoms with Crippen LogP contribution in [0.25, 0.3) is 0 Å². The van der Waals surface area contributed by atoms with Crippen LogP contribution in [-0.4, -0.2) is 22.7 Å². The van der Waals surface area contributed by atoms with Crippen LogP contribution in [0.4, 0.5) is 0 Å². The fourth-order valence-electron chi connectivity index (χ4n) is 1.22. The number of carbonyl (C=O) groups excluding carboxylic acids is 1. The third-order valence-electron chi connectivity index (χ3n) is 1.87.